The van der Waals surface area contributed by atoms with E-state index in [1.165, 1.54) is 0 Å². The maximum Gasteiger partial charge on any atom is 0.233 e. The second-order valence-electron chi connectivity index (χ2n) is 5.81. The van der Waals surface area contributed by atoms with E-state index in [2.05, 4.69) is 15.6 Å². The normalized spacial score (nSPS) is 10.7. The molecule has 1 heterocycles. The number of para-hydroxylation sites is 1. The second kappa shape index (κ2) is 7.77. The maximum atomic E-state index is 13.5. The van der Waals surface area contributed by atoms with Crippen molar-refractivity contribution in [3.8, 4) is 0 Å². The van der Waals surface area contributed by atoms with Gasteiger partial charge in [0.2, 0.25) is 11.8 Å². The van der Waals surface area contributed by atoms with Crippen molar-refractivity contribution in [3.05, 3.63) is 65.9 Å². The Labute approximate surface area is 148 Å². The molecule has 0 radical (unpaired) electrons. The summed E-state index contributed by atoms with van der Waals surface area (Å²) < 4.78 is 26.3. The monoisotopic (exact) mass is 357 g/mol. The van der Waals surface area contributed by atoms with E-state index >= 15 is 0 Å². The number of rotatable bonds is 6. The molecule has 0 atom stereocenters. The first-order chi connectivity index (χ1) is 12.5. The van der Waals surface area contributed by atoms with Gasteiger partial charge >= 0.3 is 0 Å². The van der Waals surface area contributed by atoms with Crippen LogP contribution in [0.5, 0.6) is 0 Å². The molecule has 0 unspecified atom stereocenters. The van der Waals surface area contributed by atoms with Gasteiger partial charge in [0.25, 0.3) is 0 Å². The van der Waals surface area contributed by atoms with Gasteiger partial charge in [0.05, 0.1) is 5.69 Å². The van der Waals surface area contributed by atoms with Crippen molar-refractivity contribution >= 4 is 28.4 Å². The molecule has 7 heteroatoms. The average molecular weight is 357 g/mol. The number of fused-ring (bicyclic) bond motifs is 1. The van der Waals surface area contributed by atoms with Crippen LogP contribution in [0.25, 0.3) is 10.9 Å². The fourth-order valence-corrected chi connectivity index (χ4v) is 2.67. The highest BCUT2D eigenvalue weighted by molar-refractivity contribution is 6.03. The van der Waals surface area contributed by atoms with Gasteiger partial charge in [-0.25, -0.2) is 8.78 Å². The molecular weight excluding hydrogens is 340 g/mol. The third-order valence-corrected chi connectivity index (χ3v) is 3.92. The van der Waals surface area contributed by atoms with E-state index in [0.717, 1.165) is 28.6 Å². The predicted molar refractivity (Wildman–Crippen MR) is 94.6 cm³/mol. The average Bonchev–Trinajstić information content (AvgIpc) is 3.01. The second-order valence-corrected chi connectivity index (χ2v) is 5.81. The lowest BCUT2D eigenvalue weighted by Gasteiger charge is -2.07. The van der Waals surface area contributed by atoms with E-state index in [1.807, 2.05) is 30.5 Å². The van der Waals surface area contributed by atoms with Crippen molar-refractivity contribution < 1.29 is 18.4 Å². The third kappa shape index (κ3) is 4.24. The minimum Gasteiger partial charge on any atom is -0.361 e. The number of aromatic amines is 1. The molecule has 0 fully saturated rings. The summed E-state index contributed by atoms with van der Waals surface area (Å²) in [6, 6.07) is 10.6. The molecule has 2 aromatic carbocycles. The third-order valence-electron chi connectivity index (χ3n) is 3.92. The van der Waals surface area contributed by atoms with Gasteiger partial charge in [0.1, 0.15) is 18.1 Å². The van der Waals surface area contributed by atoms with E-state index in [0.29, 0.717) is 19.0 Å². The quantitative estimate of drug-likeness (QED) is 0.593. The van der Waals surface area contributed by atoms with Crippen LogP contribution in [0.2, 0.25) is 0 Å². The minimum atomic E-state index is -0.891. The molecule has 0 saturated heterocycles. The highest BCUT2D eigenvalue weighted by atomic mass is 19.1. The lowest BCUT2D eigenvalue weighted by atomic mass is 10.1. The molecule has 3 N–H and O–H groups in total. The molecule has 1 aromatic heterocycles. The zero-order valence-electron chi connectivity index (χ0n) is 13.8. The zero-order chi connectivity index (χ0) is 18.5. The van der Waals surface area contributed by atoms with Crippen LogP contribution in [0, 0.1) is 11.6 Å². The Balaban J connectivity index is 1.47. The maximum absolute atomic E-state index is 13.5. The standard InChI is InChI=1S/C19H17F2N3O2/c20-13-5-6-17(15(21)9-13)24-19(26)10-18(25)22-8-7-12-11-23-16-4-2-1-3-14(12)16/h1-6,9,11,23H,7-8,10H2,(H,22,25)(H,24,26). The number of nitrogens with one attached hydrogen (secondary N) is 3. The first-order valence-corrected chi connectivity index (χ1v) is 8.09. The molecule has 0 aliphatic heterocycles. The van der Waals surface area contributed by atoms with Crippen LogP contribution >= 0.6 is 0 Å². The van der Waals surface area contributed by atoms with Gasteiger partial charge in [-0.15, -0.1) is 0 Å². The lowest BCUT2D eigenvalue weighted by molar-refractivity contribution is -0.126. The van der Waals surface area contributed by atoms with Gasteiger partial charge in [0, 0.05) is 29.7 Å². The largest absolute Gasteiger partial charge is 0.361 e. The number of carbonyl (C=O) groups excluding carboxylic acids is 2. The molecular formula is C19H17F2N3O2. The zero-order valence-corrected chi connectivity index (χ0v) is 13.8. The number of benzene rings is 2. The molecule has 0 aliphatic carbocycles. The number of H-pyrrole nitrogens is 1. The number of anilines is 1. The Morgan fingerprint density at radius 2 is 1.85 bits per heavy atom. The number of hydrogen-bond donors (Lipinski definition) is 3. The van der Waals surface area contributed by atoms with Gasteiger partial charge in [0.15, 0.2) is 0 Å². The summed E-state index contributed by atoms with van der Waals surface area (Å²) in [5.74, 6) is -2.77. The number of hydrogen-bond acceptors (Lipinski definition) is 2. The minimum absolute atomic E-state index is 0.164. The first-order valence-electron chi connectivity index (χ1n) is 8.09. The molecule has 3 aromatic rings. The highest BCUT2D eigenvalue weighted by Gasteiger charge is 2.12. The van der Waals surface area contributed by atoms with Crippen LogP contribution in [0.15, 0.2) is 48.7 Å². The topological polar surface area (TPSA) is 74.0 Å². The van der Waals surface area contributed by atoms with Crippen molar-refractivity contribution in [2.75, 3.05) is 11.9 Å². The van der Waals surface area contributed by atoms with Crippen LogP contribution < -0.4 is 10.6 Å². The van der Waals surface area contributed by atoms with Crippen molar-refractivity contribution in [1.82, 2.24) is 10.3 Å². The Morgan fingerprint density at radius 3 is 2.65 bits per heavy atom. The summed E-state index contributed by atoms with van der Waals surface area (Å²) in [5.41, 5.74) is 1.93. The molecule has 134 valence electrons. The Hall–Kier alpha value is -3.22. The summed E-state index contributed by atoms with van der Waals surface area (Å²) in [5, 5.41) is 6.00. The number of amides is 2. The number of aromatic nitrogens is 1. The van der Waals surface area contributed by atoms with Crippen LogP contribution in [-0.4, -0.2) is 23.3 Å². The SMILES string of the molecule is O=C(CC(=O)Nc1ccc(F)cc1F)NCCc1c[nH]c2ccccc12. The van der Waals surface area contributed by atoms with Crippen molar-refractivity contribution in [1.29, 1.82) is 0 Å². The van der Waals surface area contributed by atoms with E-state index in [1.54, 1.807) is 0 Å². The molecule has 0 aliphatic rings. The molecule has 0 bridgehead atoms. The summed E-state index contributed by atoms with van der Waals surface area (Å²) in [4.78, 5) is 26.8. The lowest BCUT2D eigenvalue weighted by Crippen LogP contribution is -2.29. The van der Waals surface area contributed by atoms with E-state index < -0.39 is 29.9 Å². The molecule has 2 amide bonds. The van der Waals surface area contributed by atoms with Gasteiger partial charge < -0.3 is 15.6 Å². The first kappa shape index (κ1) is 17.6. The highest BCUT2D eigenvalue weighted by Crippen LogP contribution is 2.18. The van der Waals surface area contributed by atoms with Gasteiger partial charge in [-0.2, -0.15) is 0 Å². The van der Waals surface area contributed by atoms with Crippen LogP contribution in [0.3, 0.4) is 0 Å². The fourth-order valence-electron chi connectivity index (χ4n) is 2.67. The van der Waals surface area contributed by atoms with Gasteiger partial charge in [-0.05, 0) is 30.2 Å². The Kier molecular flexibility index (Phi) is 5.26. The summed E-state index contributed by atoms with van der Waals surface area (Å²) in [7, 11) is 0. The molecule has 5 nitrogen and oxygen atoms in total. The van der Waals surface area contributed by atoms with Crippen LogP contribution in [0.1, 0.15) is 12.0 Å². The van der Waals surface area contributed by atoms with Gasteiger partial charge in [-0.1, -0.05) is 18.2 Å². The van der Waals surface area contributed by atoms with Crippen molar-refractivity contribution in [2.45, 2.75) is 12.8 Å². The fraction of sp³-hybridized carbons (Fsp3) is 0.158. The molecule has 3 rings (SSSR count). The smallest absolute Gasteiger partial charge is 0.233 e. The van der Waals surface area contributed by atoms with Crippen molar-refractivity contribution in [3.63, 3.8) is 0 Å². The van der Waals surface area contributed by atoms with E-state index in [9.17, 15) is 18.4 Å². The summed E-state index contributed by atoms with van der Waals surface area (Å²) in [6.45, 7) is 0.374. The number of carbonyl (C=O) groups is 2. The van der Waals surface area contributed by atoms with E-state index in [4.69, 9.17) is 0 Å². The van der Waals surface area contributed by atoms with Gasteiger partial charge in [-0.3, -0.25) is 9.59 Å². The predicted octanol–water partition coefficient (Wildman–Crippen LogP) is 3.13. The summed E-state index contributed by atoms with van der Waals surface area (Å²) >= 11 is 0. The summed E-state index contributed by atoms with van der Waals surface area (Å²) in [6.07, 6.45) is 2.06. The molecule has 0 saturated carbocycles. The Morgan fingerprint density at radius 1 is 1.04 bits per heavy atom. The van der Waals surface area contributed by atoms with Crippen molar-refractivity contribution in [2.24, 2.45) is 0 Å². The molecule has 0 spiro atoms. The van der Waals surface area contributed by atoms with E-state index in [-0.39, 0.29) is 5.69 Å². The number of halogens is 2. The van der Waals surface area contributed by atoms with Crippen LogP contribution in [-0.2, 0) is 16.0 Å². The van der Waals surface area contributed by atoms with Crippen LogP contribution in [0.4, 0.5) is 14.5 Å². The molecule has 26 heavy (non-hydrogen) atoms. The Bertz CT molecular complexity index is 953.